The lowest BCUT2D eigenvalue weighted by Crippen LogP contribution is -1.95. The molecule has 0 fully saturated rings. The molecule has 0 atom stereocenters. The van der Waals surface area contributed by atoms with E-state index >= 15 is 0 Å². The average molecular weight is 1590 g/mol. The summed E-state index contributed by atoms with van der Waals surface area (Å²) in [5, 5.41) is -7.98. The molecule has 28 rings (SSSR count). The molecule has 122 heavy (non-hydrogen) atoms. The zero-order chi connectivity index (χ0) is 125. The molecule has 560 valence electrons. The minimum Gasteiger partial charge on any atom is -0.456 e. The van der Waals surface area contributed by atoms with Crippen LogP contribution < -0.4 is 0 Å². The fraction of sp³-hybridized carbons (Fsp3) is 0. The maximum absolute atomic E-state index is 10.8. The third kappa shape index (κ3) is 10.0. The summed E-state index contributed by atoms with van der Waals surface area (Å²) >= 11 is 0. The molecule has 2 nitrogen and oxygen atoms in total. The van der Waals surface area contributed by atoms with Crippen LogP contribution in [-0.4, -0.2) is 0 Å². The van der Waals surface area contributed by atoms with Gasteiger partial charge in [0.15, 0.2) is 0 Å². The molecular formula is C120H68O2. The van der Waals surface area contributed by atoms with Crippen molar-refractivity contribution in [1.29, 1.82) is 0 Å². The third-order valence-electron chi connectivity index (χ3n) is 22.8. The zero-order valence-electron chi connectivity index (χ0n) is 114. The highest BCUT2D eigenvalue weighted by Crippen LogP contribution is 2.54. The second kappa shape index (κ2) is 25.8. The molecule has 0 aliphatic carbocycles. The molecule has 2 heterocycles. The van der Waals surface area contributed by atoms with Crippen LogP contribution in [0.4, 0.5) is 0 Å². The Balaban J connectivity index is 0.000000167. The summed E-state index contributed by atoms with van der Waals surface area (Å²) in [4.78, 5) is 0. The quantitative estimate of drug-likeness (QED) is 0.142. The number of hydrogen-bond donors (Lipinski definition) is 0. The van der Waals surface area contributed by atoms with Gasteiger partial charge < -0.3 is 8.83 Å². The van der Waals surface area contributed by atoms with E-state index in [4.69, 9.17) is 40.4 Å². The maximum atomic E-state index is 10.8. The van der Waals surface area contributed by atoms with Crippen LogP contribution in [0.5, 0.6) is 0 Å². The largest absolute Gasteiger partial charge is 0.456 e. The van der Waals surface area contributed by atoms with Gasteiger partial charge in [-0.15, -0.1) is 0 Å². The predicted octanol–water partition coefficient (Wildman–Crippen LogP) is 34.4. The van der Waals surface area contributed by atoms with Gasteiger partial charge in [-0.1, -0.05) is 339 Å². The fourth-order valence-corrected chi connectivity index (χ4v) is 17.4. The van der Waals surface area contributed by atoms with Crippen molar-refractivity contribution in [1.82, 2.24) is 0 Å². The molecule has 0 spiro atoms. The monoisotopic (exact) mass is 1590 g/mol. The minimum atomic E-state index is -1.30. The first-order valence-electron chi connectivity index (χ1n) is 64.1. The van der Waals surface area contributed by atoms with E-state index in [1.807, 2.05) is 60.7 Å². The molecule has 0 saturated heterocycles. The van der Waals surface area contributed by atoms with E-state index in [1.54, 1.807) is 36.4 Å². The molecular weight excluding hydrogens is 1470 g/mol. The van der Waals surface area contributed by atoms with E-state index in [-0.39, 0.29) is 86.9 Å². The summed E-state index contributed by atoms with van der Waals surface area (Å²) in [6, 6.07) is -14.0. The number of hydrogen-bond acceptors (Lipinski definition) is 2. The Kier molecular flexibility index (Phi) is 7.29. The van der Waals surface area contributed by atoms with Gasteiger partial charge in [0, 0.05) is 21.5 Å². The molecule has 28 aromatic rings. The lowest BCUT2D eigenvalue weighted by atomic mass is 9.81. The highest BCUT2D eigenvalue weighted by atomic mass is 16.3. The molecule has 2 heteroatoms. The van der Waals surface area contributed by atoms with E-state index in [2.05, 4.69) is 0 Å². The van der Waals surface area contributed by atoms with Crippen molar-refractivity contribution in [3.63, 3.8) is 0 Å². The first-order valence-corrected chi connectivity index (χ1v) is 38.1. The smallest absolute Gasteiger partial charge is 0.136 e. The molecule has 0 radical (unpaired) electrons. The normalized spacial score (nSPS) is 18.2. The standard InChI is InChI=1S/2C60H34O/c2*1-2-8-35(9-3-1)58-50(44-24-29-54-51(31-44)52-30-42-10-4-5-11-43(42)34-55(52)61-54)32-45(46-25-20-40-18-16-36-12-6-14-38-22-27-48(46)59(40)56(36)38)33-53(58)47-26-21-41-19-17-37-13-7-15-39-23-28-49(47)60(41)57(37)39/h2*1-34H/i1D,2D,3D,4D,5D,6D,7D,8D,9D,10D,11D,12D,13D,14D,15D,16D,17D,18D,19D,20D,21D,22D,23D,24D,25D,26D,27D,28D,29D,30D,31D,32D,33D,34D;6D,7D,12D,13D,14D,15D,16D,17D,18D,19D,20D,21D,22D,23D,25D,26D,27D,28D. The molecule has 0 saturated carbocycles. The Morgan fingerprint density at radius 2 is 0.566 bits per heavy atom. The first kappa shape index (κ1) is 34.5. The molecule has 0 N–H and O–H groups in total. The molecule has 0 unspecified atom stereocenters. The zero-order valence-corrected chi connectivity index (χ0v) is 62.1. The van der Waals surface area contributed by atoms with Crippen molar-refractivity contribution in [2.75, 3.05) is 0 Å². The Bertz CT molecular complexity index is 12500. The Morgan fingerprint density at radius 3 is 1.12 bits per heavy atom. The van der Waals surface area contributed by atoms with Crippen molar-refractivity contribution in [2.45, 2.75) is 0 Å². The summed E-state index contributed by atoms with van der Waals surface area (Å²) in [7, 11) is 0. The van der Waals surface area contributed by atoms with E-state index in [1.165, 1.54) is 0 Å². The molecule has 0 aliphatic heterocycles. The van der Waals surface area contributed by atoms with Gasteiger partial charge in [0.25, 0.3) is 0 Å². The van der Waals surface area contributed by atoms with Crippen molar-refractivity contribution < 1.29 is 80.1 Å². The summed E-state index contributed by atoms with van der Waals surface area (Å²) in [6.07, 6.45) is 0. The highest BCUT2D eigenvalue weighted by Gasteiger charge is 2.27. The number of rotatable bonds is 8. The third-order valence-corrected chi connectivity index (χ3v) is 22.8. The van der Waals surface area contributed by atoms with Crippen LogP contribution in [0.3, 0.4) is 0 Å². The van der Waals surface area contributed by atoms with Crippen LogP contribution in [0.15, 0.2) is 420 Å². The summed E-state index contributed by atoms with van der Waals surface area (Å²) in [5.41, 5.74) is -6.86. The van der Waals surface area contributed by atoms with Gasteiger partial charge in [-0.3, -0.25) is 0 Å². The summed E-state index contributed by atoms with van der Waals surface area (Å²) in [6.45, 7) is 0. The molecule has 2 aromatic heterocycles. The first-order chi connectivity index (χ1) is 82.2. The second-order valence-electron chi connectivity index (χ2n) is 29.3. The van der Waals surface area contributed by atoms with Gasteiger partial charge in [-0.2, -0.15) is 0 Å². The lowest BCUT2D eigenvalue weighted by molar-refractivity contribution is 0.669. The van der Waals surface area contributed by atoms with Crippen LogP contribution in [-0.2, 0) is 0 Å². The highest BCUT2D eigenvalue weighted by molar-refractivity contribution is 6.31. The Hall–Kier alpha value is -16.0. The van der Waals surface area contributed by atoms with Crippen molar-refractivity contribution in [2.24, 2.45) is 0 Å². The molecule has 0 bridgehead atoms. The number of benzene rings is 26. The number of furan rings is 2. The van der Waals surface area contributed by atoms with Crippen LogP contribution in [0.1, 0.15) is 71.3 Å². The van der Waals surface area contributed by atoms with Crippen LogP contribution in [0.2, 0.25) is 0 Å². The van der Waals surface area contributed by atoms with E-state index in [0.717, 1.165) is 16.2 Å². The minimum absolute atomic E-state index is 0.0382. The van der Waals surface area contributed by atoms with Gasteiger partial charge in [0.1, 0.15) is 22.3 Å². The topological polar surface area (TPSA) is 26.3 Å². The lowest BCUT2D eigenvalue weighted by Gasteiger charge is -2.22. The Morgan fingerprint density at radius 1 is 0.156 bits per heavy atom. The van der Waals surface area contributed by atoms with Gasteiger partial charge >= 0.3 is 0 Å². The SMILES string of the molecule is [2H]c1c([2H])c([2H])c(-c2c(-c3c([2H])c([2H])c4oc5c([2H])c6c([2H])c([2H])c([2H])c([2H])c6c([2H])c5c4c3[2H])c([2H])c(-c3c([2H])c([2H])c4c([2H])c([2H])c5c([2H])c([2H])c([2H])c6c([2H])c([2H])c3c4c56)c([2H])c2-c2c([2H])c([2H])c3c([2H])c([2H])c4c([2H])c([2H])c([2H])c5c([2H])c([2H])c2c3c45)c([2H])c1[2H].[2H]c1c([2H])c2c([2H])c([2H])c3c([2H])c([2H])c(-c4cc(-c5ccc6oc7cc8ccccc8cc7c6c5)c(-c5ccccc5)c(-c5c([2H])c([2H])c6c([2H])c([2H])c7c([2H])c([2H])c([2H])c8c([2H])c([2H])c5c6c78)c4)c4c([2H])c([2H])c(c1[2H])c2c34. The van der Waals surface area contributed by atoms with Crippen molar-refractivity contribution in [3.05, 3.63) is 411 Å². The van der Waals surface area contributed by atoms with Gasteiger partial charge in [0.05, 0.1) is 71.3 Å². The van der Waals surface area contributed by atoms with E-state index < -0.39 is 456 Å². The van der Waals surface area contributed by atoms with Crippen LogP contribution in [0.25, 0.3) is 284 Å². The second-order valence-corrected chi connectivity index (χ2v) is 29.3. The van der Waals surface area contributed by atoms with Crippen LogP contribution >= 0.6 is 0 Å². The molecule has 26 aromatic carbocycles. The van der Waals surface area contributed by atoms with Crippen molar-refractivity contribution in [3.8, 4) is 89.0 Å². The molecule has 0 aliphatic rings. The summed E-state index contributed by atoms with van der Waals surface area (Å²) < 4.78 is 501. The van der Waals surface area contributed by atoms with Gasteiger partial charge in [0.2, 0.25) is 0 Å². The van der Waals surface area contributed by atoms with Gasteiger partial charge in [-0.05, 0) is 312 Å². The van der Waals surface area contributed by atoms with Gasteiger partial charge in [-0.25, -0.2) is 0 Å². The average Bonchev–Trinajstić information content (AvgIpc) is 1.69. The van der Waals surface area contributed by atoms with Crippen molar-refractivity contribution >= 4 is 195 Å². The van der Waals surface area contributed by atoms with E-state index in [0.29, 0.717) is 38.8 Å². The summed E-state index contributed by atoms with van der Waals surface area (Å²) in [5.74, 6) is 0. The fourth-order valence-electron chi connectivity index (χ4n) is 17.4. The van der Waals surface area contributed by atoms with Crippen LogP contribution in [0, 0.1) is 0 Å². The van der Waals surface area contributed by atoms with E-state index in [9.17, 15) is 39.8 Å². The maximum Gasteiger partial charge on any atom is 0.136 e. The molecule has 0 amide bonds. The predicted molar refractivity (Wildman–Crippen MR) is 521 cm³/mol. The number of fused-ring (bicyclic) bond motifs is 8. The Labute approximate surface area is 773 Å².